The molecule has 158 valence electrons. The first-order valence-electron chi connectivity index (χ1n) is 10.4. The highest BCUT2D eigenvalue weighted by Gasteiger charge is 2.24. The molecular formula is C22H27N5O3. The van der Waals surface area contributed by atoms with Crippen molar-refractivity contribution in [3.63, 3.8) is 0 Å². The Morgan fingerprint density at radius 2 is 1.97 bits per heavy atom. The number of carbonyl (C=O) groups is 2. The number of ether oxygens (including phenoxy) is 1. The van der Waals surface area contributed by atoms with Crippen molar-refractivity contribution in [3.8, 4) is 5.75 Å². The van der Waals surface area contributed by atoms with E-state index in [4.69, 9.17) is 4.74 Å². The highest BCUT2D eigenvalue weighted by Crippen LogP contribution is 2.24. The average molecular weight is 409 g/mol. The summed E-state index contributed by atoms with van der Waals surface area (Å²) in [5.41, 5.74) is 3.16. The van der Waals surface area contributed by atoms with E-state index < -0.39 is 0 Å². The van der Waals surface area contributed by atoms with E-state index in [1.807, 2.05) is 18.2 Å². The number of hydrogen-bond donors (Lipinski definition) is 1. The van der Waals surface area contributed by atoms with Gasteiger partial charge in [-0.2, -0.15) is 0 Å². The van der Waals surface area contributed by atoms with Gasteiger partial charge in [0.2, 0.25) is 11.9 Å². The largest absolute Gasteiger partial charge is 0.497 e. The van der Waals surface area contributed by atoms with Crippen LogP contribution in [0.3, 0.4) is 0 Å². The quantitative estimate of drug-likeness (QED) is 0.809. The monoisotopic (exact) mass is 409 g/mol. The zero-order chi connectivity index (χ0) is 21.1. The maximum Gasteiger partial charge on any atom is 0.240 e. The van der Waals surface area contributed by atoms with E-state index in [2.05, 4.69) is 31.2 Å². The number of Topliss-reactive ketones (excluding diaryl/α,β-unsaturated/α-hetero) is 1. The minimum absolute atomic E-state index is 0.0977. The molecule has 1 aliphatic heterocycles. The van der Waals surface area contributed by atoms with Gasteiger partial charge in [0, 0.05) is 44.4 Å². The Hall–Kier alpha value is -3.00. The number of anilines is 2. The van der Waals surface area contributed by atoms with Crippen molar-refractivity contribution >= 4 is 23.3 Å². The van der Waals surface area contributed by atoms with E-state index in [1.54, 1.807) is 14.0 Å². The molecule has 4 rings (SSSR count). The maximum atomic E-state index is 12.5. The van der Waals surface area contributed by atoms with Crippen molar-refractivity contribution in [1.82, 2.24) is 14.9 Å². The number of piperazine rings is 1. The van der Waals surface area contributed by atoms with Crippen molar-refractivity contribution in [2.45, 2.75) is 26.2 Å². The van der Waals surface area contributed by atoms with E-state index in [9.17, 15) is 9.59 Å². The summed E-state index contributed by atoms with van der Waals surface area (Å²) in [5, 5.41) is 2.81. The molecule has 2 heterocycles. The van der Waals surface area contributed by atoms with Gasteiger partial charge in [-0.15, -0.1) is 0 Å². The lowest BCUT2D eigenvalue weighted by molar-refractivity contribution is -0.117. The third-order valence-electron chi connectivity index (χ3n) is 5.67. The number of aryl methyl sites for hydroxylation is 2. The van der Waals surface area contributed by atoms with Gasteiger partial charge in [-0.25, -0.2) is 9.97 Å². The molecule has 0 bridgehead atoms. The molecule has 1 fully saturated rings. The normalized spacial score (nSPS) is 16.9. The second kappa shape index (κ2) is 8.79. The summed E-state index contributed by atoms with van der Waals surface area (Å²) in [6.45, 7) is 5.38. The number of carbonyl (C=O) groups excluding carboxylic acids is 2. The van der Waals surface area contributed by atoms with Crippen LogP contribution in [0.4, 0.5) is 11.6 Å². The van der Waals surface area contributed by atoms with E-state index >= 15 is 0 Å². The third-order valence-corrected chi connectivity index (χ3v) is 5.67. The molecule has 1 saturated heterocycles. The first-order chi connectivity index (χ1) is 14.5. The first kappa shape index (κ1) is 20.3. The third kappa shape index (κ3) is 4.43. The van der Waals surface area contributed by atoms with Crippen LogP contribution in [0.1, 0.15) is 34.6 Å². The fourth-order valence-corrected chi connectivity index (χ4v) is 4.11. The molecule has 1 N–H and O–H groups in total. The van der Waals surface area contributed by atoms with Gasteiger partial charge in [0.05, 0.1) is 30.6 Å². The van der Waals surface area contributed by atoms with Crippen molar-refractivity contribution < 1.29 is 14.3 Å². The number of amides is 1. The molecule has 1 aliphatic carbocycles. The fraction of sp³-hybridized carbons (Fsp3) is 0.455. The number of hydrogen-bond acceptors (Lipinski definition) is 7. The Morgan fingerprint density at radius 1 is 1.17 bits per heavy atom. The molecule has 8 heteroatoms. The number of benzene rings is 1. The second-order valence-corrected chi connectivity index (χ2v) is 7.74. The van der Waals surface area contributed by atoms with Gasteiger partial charge in [-0.1, -0.05) is 6.07 Å². The summed E-state index contributed by atoms with van der Waals surface area (Å²) >= 11 is 0. The van der Waals surface area contributed by atoms with E-state index in [0.29, 0.717) is 30.2 Å². The van der Waals surface area contributed by atoms with Gasteiger partial charge < -0.3 is 9.64 Å². The molecule has 0 saturated carbocycles. The lowest BCUT2D eigenvalue weighted by Gasteiger charge is -2.35. The second-order valence-electron chi connectivity index (χ2n) is 7.74. The number of rotatable bonds is 5. The predicted octanol–water partition coefficient (Wildman–Crippen LogP) is 2.07. The molecule has 30 heavy (non-hydrogen) atoms. The van der Waals surface area contributed by atoms with E-state index in [1.165, 1.54) is 0 Å². The lowest BCUT2D eigenvalue weighted by atomic mass is 9.94. The van der Waals surface area contributed by atoms with Crippen molar-refractivity contribution in [1.29, 1.82) is 0 Å². The Morgan fingerprint density at radius 3 is 2.73 bits per heavy atom. The summed E-state index contributed by atoms with van der Waals surface area (Å²) in [5.74, 6) is 1.10. The Bertz CT molecular complexity index is 954. The molecule has 2 aromatic rings. The van der Waals surface area contributed by atoms with Crippen LogP contribution in [0, 0.1) is 6.92 Å². The van der Waals surface area contributed by atoms with Gasteiger partial charge in [-0.3, -0.25) is 19.8 Å². The number of ketones is 1. The minimum Gasteiger partial charge on any atom is -0.497 e. The van der Waals surface area contributed by atoms with E-state index in [-0.39, 0.29) is 11.7 Å². The highest BCUT2D eigenvalue weighted by atomic mass is 16.5. The number of aromatic nitrogens is 2. The van der Waals surface area contributed by atoms with Crippen LogP contribution in [0.25, 0.3) is 0 Å². The van der Waals surface area contributed by atoms with Gasteiger partial charge in [0.25, 0.3) is 0 Å². The number of fused-ring (bicyclic) bond motifs is 1. The van der Waals surface area contributed by atoms with Gasteiger partial charge in [-0.05, 0) is 31.9 Å². The first-order valence-corrected chi connectivity index (χ1v) is 10.4. The lowest BCUT2D eigenvalue weighted by Crippen LogP contribution is -2.48. The maximum absolute atomic E-state index is 12.5. The van der Waals surface area contributed by atoms with Crippen molar-refractivity contribution in [2.24, 2.45) is 0 Å². The smallest absolute Gasteiger partial charge is 0.240 e. The van der Waals surface area contributed by atoms with Crippen LogP contribution in [-0.4, -0.2) is 66.4 Å². The highest BCUT2D eigenvalue weighted by molar-refractivity contribution is 5.99. The topological polar surface area (TPSA) is 87.7 Å². The number of nitrogens with zero attached hydrogens (tertiary/aromatic N) is 4. The molecule has 0 unspecified atom stereocenters. The standard InChI is InChI=1S/C22H27N5O3/c1-15-21-18(7-4-8-19(21)28)24-22(23-15)25-20(29)14-26-9-11-27(12-10-26)16-5-3-6-17(13-16)30-2/h3,5-6,13H,4,7-12,14H2,1-2H3,(H,23,24,25,29). The molecule has 0 atom stereocenters. The molecule has 1 amide bonds. The predicted molar refractivity (Wildman–Crippen MR) is 114 cm³/mol. The van der Waals surface area contributed by atoms with Crippen LogP contribution in [0.5, 0.6) is 5.75 Å². The summed E-state index contributed by atoms with van der Waals surface area (Å²) in [6.07, 6.45) is 2.09. The fourth-order valence-electron chi connectivity index (χ4n) is 4.11. The average Bonchev–Trinajstić information content (AvgIpc) is 2.74. The summed E-state index contributed by atoms with van der Waals surface area (Å²) in [4.78, 5) is 37.8. The van der Waals surface area contributed by atoms with Crippen LogP contribution >= 0.6 is 0 Å². The van der Waals surface area contributed by atoms with Crippen molar-refractivity contribution in [3.05, 3.63) is 41.2 Å². The van der Waals surface area contributed by atoms with Gasteiger partial charge >= 0.3 is 0 Å². The molecule has 1 aromatic heterocycles. The van der Waals surface area contributed by atoms with Crippen molar-refractivity contribution in [2.75, 3.05) is 50.1 Å². The molecule has 8 nitrogen and oxygen atoms in total. The molecule has 2 aliphatic rings. The molecule has 1 aromatic carbocycles. The van der Waals surface area contributed by atoms with Gasteiger partial charge in [0.1, 0.15) is 5.75 Å². The van der Waals surface area contributed by atoms with Crippen LogP contribution in [0.15, 0.2) is 24.3 Å². The van der Waals surface area contributed by atoms with E-state index in [0.717, 1.165) is 56.2 Å². The summed E-state index contributed by atoms with van der Waals surface area (Å²) < 4.78 is 5.30. The Kier molecular flexibility index (Phi) is 5.94. The Balaban J connectivity index is 1.32. The molecule has 0 spiro atoms. The SMILES string of the molecule is COc1cccc(N2CCN(CC(=O)Nc3nc(C)c4c(n3)CCCC4=O)CC2)c1. The van der Waals surface area contributed by atoms with Gasteiger partial charge in [0.15, 0.2) is 5.78 Å². The zero-order valence-corrected chi connectivity index (χ0v) is 17.5. The van der Waals surface area contributed by atoms with Crippen LogP contribution in [-0.2, 0) is 11.2 Å². The number of nitrogens with one attached hydrogen (secondary N) is 1. The number of methoxy groups -OCH3 is 1. The minimum atomic E-state index is -0.133. The molecular weight excluding hydrogens is 382 g/mol. The van der Waals surface area contributed by atoms with Crippen LogP contribution in [0.2, 0.25) is 0 Å². The summed E-state index contributed by atoms with van der Waals surface area (Å²) in [6, 6.07) is 8.03. The summed E-state index contributed by atoms with van der Waals surface area (Å²) in [7, 11) is 1.67. The van der Waals surface area contributed by atoms with Crippen LogP contribution < -0.4 is 15.0 Å². The zero-order valence-electron chi connectivity index (χ0n) is 17.5. The Labute approximate surface area is 176 Å². The molecule has 0 radical (unpaired) electrons.